The van der Waals surface area contributed by atoms with E-state index in [1.54, 1.807) is 18.2 Å². The normalized spacial score (nSPS) is 13.4. The van der Waals surface area contributed by atoms with Crippen molar-refractivity contribution < 1.29 is 9.53 Å². The molecule has 170 valence electrons. The third-order valence-corrected chi connectivity index (χ3v) is 6.50. The highest BCUT2D eigenvalue weighted by atomic mass is 16.5. The number of fused-ring (bicyclic) bond motifs is 2. The van der Waals surface area contributed by atoms with E-state index in [1.165, 1.54) is 0 Å². The van der Waals surface area contributed by atoms with E-state index in [-0.39, 0.29) is 5.91 Å². The fourth-order valence-corrected chi connectivity index (χ4v) is 4.60. The van der Waals surface area contributed by atoms with Crippen molar-refractivity contribution in [3.05, 3.63) is 58.2 Å². The smallest absolute Gasteiger partial charge is 0.260 e. The molecular formula is C24H27N7O2. The molecule has 1 amide bonds. The van der Waals surface area contributed by atoms with Crippen molar-refractivity contribution in [1.29, 1.82) is 0 Å². The summed E-state index contributed by atoms with van der Waals surface area (Å²) >= 11 is 0. The molecular weight excluding hydrogens is 418 g/mol. The molecule has 0 saturated heterocycles. The lowest BCUT2D eigenvalue weighted by atomic mass is 10.1. The Kier molecular flexibility index (Phi) is 4.84. The molecule has 3 aromatic heterocycles. The molecule has 0 aliphatic carbocycles. The van der Waals surface area contributed by atoms with Crippen molar-refractivity contribution >= 4 is 22.9 Å². The van der Waals surface area contributed by atoms with Crippen LogP contribution in [0.5, 0.6) is 5.75 Å². The molecule has 0 fully saturated rings. The molecule has 4 heterocycles. The maximum atomic E-state index is 13.8. The van der Waals surface area contributed by atoms with Gasteiger partial charge in [-0.15, -0.1) is 0 Å². The number of aromatic nitrogens is 5. The highest BCUT2D eigenvalue weighted by molar-refractivity contribution is 6.10. The number of hydrogen-bond acceptors (Lipinski definition) is 6. The minimum atomic E-state index is -0.153. The van der Waals surface area contributed by atoms with Crippen LogP contribution in [-0.4, -0.2) is 48.8 Å². The number of benzene rings is 1. The summed E-state index contributed by atoms with van der Waals surface area (Å²) in [6, 6.07) is 5.84. The predicted octanol–water partition coefficient (Wildman–Crippen LogP) is 3.10. The van der Waals surface area contributed by atoms with Crippen LogP contribution in [-0.2, 0) is 13.1 Å². The van der Waals surface area contributed by atoms with Gasteiger partial charge in [-0.1, -0.05) is 6.07 Å². The molecule has 4 aromatic rings. The summed E-state index contributed by atoms with van der Waals surface area (Å²) in [6.07, 6.45) is 1.76. The maximum Gasteiger partial charge on any atom is 0.260 e. The molecule has 5 rings (SSSR count). The number of rotatable bonds is 3. The number of ether oxygens (including phenoxy) is 1. The average molecular weight is 446 g/mol. The van der Waals surface area contributed by atoms with E-state index in [1.807, 2.05) is 55.1 Å². The maximum absolute atomic E-state index is 13.8. The number of aryl methyl sites for hydroxylation is 3. The molecule has 1 aliphatic rings. The van der Waals surface area contributed by atoms with Gasteiger partial charge in [0, 0.05) is 18.3 Å². The number of carbonyl (C=O) groups excluding carboxylic acids is 1. The van der Waals surface area contributed by atoms with Gasteiger partial charge in [-0.3, -0.25) is 14.0 Å². The number of nitrogen functional groups attached to an aromatic ring is 1. The average Bonchev–Trinajstić information content (AvgIpc) is 3.36. The van der Waals surface area contributed by atoms with Gasteiger partial charge in [0.1, 0.15) is 22.6 Å². The Balaban J connectivity index is 1.75. The minimum Gasteiger partial charge on any atom is -0.496 e. The Morgan fingerprint density at radius 1 is 1.06 bits per heavy atom. The SMILES string of the molecule is COc1ccc(C)c(-n2c(N)c(C(=O)N3CCn4nccc4C3)c3nc(C)c(C)nc32)c1C. The molecule has 2 N–H and O–H groups in total. The summed E-state index contributed by atoms with van der Waals surface area (Å²) in [5.41, 5.74) is 13.5. The first-order chi connectivity index (χ1) is 15.8. The van der Waals surface area contributed by atoms with E-state index >= 15 is 0 Å². The number of hydrogen-bond donors (Lipinski definition) is 1. The number of amides is 1. The van der Waals surface area contributed by atoms with E-state index in [9.17, 15) is 4.79 Å². The lowest BCUT2D eigenvalue weighted by Gasteiger charge is -2.27. The van der Waals surface area contributed by atoms with Crippen molar-refractivity contribution in [1.82, 2.24) is 29.2 Å². The third-order valence-electron chi connectivity index (χ3n) is 6.50. The van der Waals surface area contributed by atoms with Gasteiger partial charge < -0.3 is 15.4 Å². The number of carbonyl (C=O) groups is 1. The van der Waals surface area contributed by atoms with Crippen LogP contribution in [0, 0.1) is 27.7 Å². The largest absolute Gasteiger partial charge is 0.496 e. The molecule has 0 radical (unpaired) electrons. The van der Waals surface area contributed by atoms with Crippen molar-refractivity contribution in [2.45, 2.75) is 40.8 Å². The monoisotopic (exact) mass is 445 g/mol. The Bertz CT molecular complexity index is 1420. The highest BCUT2D eigenvalue weighted by Crippen LogP contribution is 2.36. The zero-order valence-corrected chi connectivity index (χ0v) is 19.5. The lowest BCUT2D eigenvalue weighted by molar-refractivity contribution is 0.0709. The summed E-state index contributed by atoms with van der Waals surface area (Å²) in [5.74, 6) is 0.920. The van der Waals surface area contributed by atoms with Gasteiger partial charge in [-0.25, -0.2) is 9.97 Å². The minimum absolute atomic E-state index is 0.153. The first-order valence-corrected chi connectivity index (χ1v) is 10.9. The van der Waals surface area contributed by atoms with Crippen LogP contribution < -0.4 is 10.5 Å². The van der Waals surface area contributed by atoms with Crippen molar-refractivity contribution in [3.63, 3.8) is 0 Å². The molecule has 0 spiro atoms. The first kappa shape index (κ1) is 21.0. The van der Waals surface area contributed by atoms with Crippen LogP contribution in [0.4, 0.5) is 5.82 Å². The Morgan fingerprint density at radius 2 is 1.82 bits per heavy atom. The molecule has 0 bridgehead atoms. The fourth-order valence-electron chi connectivity index (χ4n) is 4.60. The van der Waals surface area contributed by atoms with Crippen molar-refractivity contribution in [3.8, 4) is 11.4 Å². The number of methoxy groups -OCH3 is 1. The first-order valence-electron chi connectivity index (χ1n) is 10.9. The molecule has 0 unspecified atom stereocenters. The molecule has 1 aliphatic heterocycles. The molecule has 0 atom stereocenters. The summed E-state index contributed by atoms with van der Waals surface area (Å²) in [5, 5.41) is 4.31. The molecule has 9 nitrogen and oxygen atoms in total. The van der Waals surface area contributed by atoms with E-state index < -0.39 is 0 Å². The fraction of sp³-hybridized carbons (Fsp3) is 0.333. The Morgan fingerprint density at radius 3 is 2.58 bits per heavy atom. The molecule has 1 aromatic carbocycles. The van der Waals surface area contributed by atoms with Crippen molar-refractivity contribution in [2.75, 3.05) is 19.4 Å². The second-order valence-corrected chi connectivity index (χ2v) is 8.49. The predicted molar refractivity (Wildman–Crippen MR) is 126 cm³/mol. The van der Waals surface area contributed by atoms with Gasteiger partial charge >= 0.3 is 0 Å². The van der Waals surface area contributed by atoms with Crippen molar-refractivity contribution in [2.24, 2.45) is 0 Å². The second-order valence-electron chi connectivity index (χ2n) is 8.49. The van der Waals surface area contributed by atoms with Crippen LogP contribution in [0.15, 0.2) is 24.4 Å². The molecule has 9 heteroatoms. The summed E-state index contributed by atoms with van der Waals surface area (Å²) < 4.78 is 9.33. The molecule has 0 saturated carbocycles. The van der Waals surface area contributed by atoms with Crippen LogP contribution in [0.25, 0.3) is 16.9 Å². The zero-order valence-electron chi connectivity index (χ0n) is 19.5. The van der Waals surface area contributed by atoms with E-state index in [0.29, 0.717) is 42.2 Å². The van der Waals surface area contributed by atoms with E-state index in [4.69, 9.17) is 20.4 Å². The van der Waals surface area contributed by atoms with E-state index in [0.717, 1.165) is 39.6 Å². The Labute approximate surface area is 191 Å². The number of anilines is 1. The quantitative estimate of drug-likeness (QED) is 0.520. The topological polar surface area (TPSA) is 104 Å². The van der Waals surface area contributed by atoms with Gasteiger partial charge in [0.2, 0.25) is 0 Å². The summed E-state index contributed by atoms with van der Waals surface area (Å²) in [4.78, 5) is 25.2. The Hall–Kier alpha value is -3.88. The summed E-state index contributed by atoms with van der Waals surface area (Å²) in [7, 11) is 1.64. The van der Waals surface area contributed by atoms with Crippen LogP contribution in [0.3, 0.4) is 0 Å². The van der Waals surface area contributed by atoms with Crippen LogP contribution in [0.2, 0.25) is 0 Å². The molecule has 33 heavy (non-hydrogen) atoms. The number of nitrogens with two attached hydrogens (primary N) is 1. The lowest BCUT2D eigenvalue weighted by Crippen LogP contribution is -2.38. The second kappa shape index (κ2) is 7.61. The van der Waals surface area contributed by atoms with Gasteiger partial charge in [-0.2, -0.15) is 5.10 Å². The van der Waals surface area contributed by atoms with Gasteiger partial charge in [0.05, 0.1) is 43.0 Å². The van der Waals surface area contributed by atoms with Crippen LogP contribution in [0.1, 0.15) is 38.6 Å². The third kappa shape index (κ3) is 3.14. The zero-order chi connectivity index (χ0) is 23.4. The van der Waals surface area contributed by atoms with Gasteiger partial charge in [0.15, 0.2) is 5.65 Å². The number of nitrogens with zero attached hydrogens (tertiary/aromatic N) is 6. The highest BCUT2D eigenvalue weighted by Gasteiger charge is 2.31. The standard InChI is InChI=1S/C24H27N7O2/c1-13-6-7-18(33-5)14(2)21(13)31-22(25)19(20-23(31)28-16(4)15(3)27-20)24(32)29-10-11-30-17(12-29)8-9-26-30/h6-9H,10-12,25H2,1-5H3. The summed E-state index contributed by atoms with van der Waals surface area (Å²) in [6.45, 7) is 9.46. The van der Waals surface area contributed by atoms with E-state index in [2.05, 4.69) is 5.10 Å². The van der Waals surface area contributed by atoms with Gasteiger partial charge in [-0.05, 0) is 45.4 Å². The van der Waals surface area contributed by atoms with Gasteiger partial charge in [0.25, 0.3) is 5.91 Å². The van der Waals surface area contributed by atoms with Crippen LogP contribution >= 0.6 is 0 Å².